The average Bonchev–Trinajstić information content (AvgIpc) is 3.50. The van der Waals surface area contributed by atoms with Crippen LogP contribution in [-0.4, -0.2) is 56.0 Å². The van der Waals surface area contributed by atoms with Crippen LogP contribution in [0.3, 0.4) is 0 Å². The third-order valence-corrected chi connectivity index (χ3v) is 6.02. The first kappa shape index (κ1) is 20.6. The van der Waals surface area contributed by atoms with Crippen LogP contribution in [0.1, 0.15) is 53.9 Å². The van der Waals surface area contributed by atoms with Gasteiger partial charge in [0.25, 0.3) is 0 Å². The Morgan fingerprint density at radius 3 is 2.59 bits per heavy atom. The first-order valence-corrected chi connectivity index (χ1v) is 10.0. The maximum Gasteiger partial charge on any atom is 0.508 e. The van der Waals surface area contributed by atoms with Gasteiger partial charge in [-0.1, -0.05) is 25.5 Å². The van der Waals surface area contributed by atoms with Crippen molar-refractivity contribution in [2.75, 3.05) is 20.3 Å². The predicted molar refractivity (Wildman–Crippen MR) is 101 cm³/mol. The summed E-state index contributed by atoms with van der Waals surface area (Å²) >= 11 is 0. The molecule has 0 aromatic rings. The summed E-state index contributed by atoms with van der Waals surface area (Å²) in [5.41, 5.74) is 0.746. The monoisotopic (exact) mass is 382 g/mol. The molecule has 1 aliphatic carbocycles. The summed E-state index contributed by atoms with van der Waals surface area (Å²) in [5.74, 6) is 0.301. The molecule has 0 aromatic carbocycles. The van der Waals surface area contributed by atoms with Crippen molar-refractivity contribution >= 4 is 6.16 Å². The molecule has 0 bridgehead atoms. The highest BCUT2D eigenvalue weighted by Gasteiger charge is 2.72. The number of ether oxygens (including phenoxy) is 5. The molecule has 6 heteroatoms. The third kappa shape index (κ3) is 4.33. The van der Waals surface area contributed by atoms with Crippen LogP contribution in [0.5, 0.6) is 0 Å². The van der Waals surface area contributed by atoms with Crippen molar-refractivity contribution in [3.8, 4) is 0 Å². The molecular weight excluding hydrogens is 348 g/mol. The van der Waals surface area contributed by atoms with E-state index >= 15 is 0 Å². The lowest BCUT2D eigenvalue weighted by Crippen LogP contribution is -2.55. The minimum Gasteiger partial charge on any atom is -0.434 e. The van der Waals surface area contributed by atoms with Crippen molar-refractivity contribution in [2.24, 2.45) is 11.8 Å². The summed E-state index contributed by atoms with van der Waals surface area (Å²) in [7, 11) is 1.67. The molecule has 27 heavy (non-hydrogen) atoms. The zero-order valence-corrected chi connectivity index (χ0v) is 17.4. The fourth-order valence-corrected chi connectivity index (χ4v) is 4.46. The van der Waals surface area contributed by atoms with E-state index in [2.05, 4.69) is 26.8 Å². The molecule has 2 heterocycles. The Labute approximate surface area is 162 Å². The molecule has 3 fully saturated rings. The smallest absolute Gasteiger partial charge is 0.434 e. The van der Waals surface area contributed by atoms with Crippen molar-refractivity contribution in [2.45, 2.75) is 83.4 Å². The van der Waals surface area contributed by atoms with E-state index in [0.717, 1.165) is 19.4 Å². The molecule has 3 rings (SSSR count). The Kier molecular flexibility index (Phi) is 5.90. The number of carbonyl (C=O) groups is 1. The molecule has 154 valence electrons. The summed E-state index contributed by atoms with van der Waals surface area (Å²) in [5, 5.41) is 0. The van der Waals surface area contributed by atoms with Crippen molar-refractivity contribution < 1.29 is 28.5 Å². The summed E-state index contributed by atoms with van der Waals surface area (Å²) in [6, 6.07) is 0. The van der Waals surface area contributed by atoms with Crippen LogP contribution < -0.4 is 0 Å². The topological polar surface area (TPSA) is 69.8 Å². The lowest BCUT2D eigenvalue weighted by molar-refractivity contribution is -0.127. The highest BCUT2D eigenvalue weighted by molar-refractivity contribution is 5.60. The van der Waals surface area contributed by atoms with Crippen LogP contribution >= 0.6 is 0 Å². The highest BCUT2D eigenvalue weighted by Crippen LogP contribution is 2.59. The van der Waals surface area contributed by atoms with Gasteiger partial charge in [-0.25, -0.2) is 4.79 Å². The molecule has 0 aromatic heterocycles. The number of allylic oxidation sites excluding steroid dienone is 1. The first-order chi connectivity index (χ1) is 12.7. The second kappa shape index (κ2) is 7.72. The quantitative estimate of drug-likeness (QED) is 0.378. The SMILES string of the molecule is COC1C(OC(=O)OCC(C)C)CCC2(CO2)C1C1(C)OC1CC=C(C)C. The average molecular weight is 382 g/mol. The van der Waals surface area contributed by atoms with Gasteiger partial charge in [-0.05, 0) is 46.0 Å². The molecule has 2 saturated heterocycles. The minimum absolute atomic E-state index is 0.0298. The number of carbonyl (C=O) groups excluding carboxylic acids is 1. The first-order valence-electron chi connectivity index (χ1n) is 10.0. The highest BCUT2D eigenvalue weighted by atomic mass is 16.7. The molecule has 0 amide bonds. The minimum atomic E-state index is -0.620. The van der Waals surface area contributed by atoms with Crippen molar-refractivity contribution in [1.82, 2.24) is 0 Å². The Balaban J connectivity index is 1.70. The predicted octanol–water partition coefficient (Wildman–Crippen LogP) is 3.87. The normalized spacial score (nSPS) is 40.0. The van der Waals surface area contributed by atoms with Crippen LogP contribution in [-0.2, 0) is 23.7 Å². The number of epoxide rings is 2. The van der Waals surface area contributed by atoms with Crippen LogP contribution in [0.2, 0.25) is 0 Å². The number of hydrogen-bond donors (Lipinski definition) is 0. The van der Waals surface area contributed by atoms with Gasteiger partial charge in [0.2, 0.25) is 0 Å². The molecule has 1 saturated carbocycles. The van der Waals surface area contributed by atoms with E-state index in [1.165, 1.54) is 5.57 Å². The van der Waals surface area contributed by atoms with E-state index in [1.807, 2.05) is 13.8 Å². The zero-order chi connectivity index (χ0) is 19.8. The standard InChI is InChI=1S/C21H34O6/c1-13(2)7-8-16-20(5,27-16)18-17(23-6)15(9-10-21(18)12-25-21)26-19(22)24-11-14(3)4/h7,14-18H,8-12H2,1-6H3. The molecule has 6 nitrogen and oxygen atoms in total. The van der Waals surface area contributed by atoms with Gasteiger partial charge in [0.1, 0.15) is 23.4 Å². The van der Waals surface area contributed by atoms with Gasteiger partial charge in [0.05, 0.1) is 25.2 Å². The van der Waals surface area contributed by atoms with Crippen LogP contribution in [0, 0.1) is 11.8 Å². The Morgan fingerprint density at radius 1 is 1.33 bits per heavy atom. The van der Waals surface area contributed by atoms with Gasteiger partial charge in [0, 0.05) is 7.11 Å². The molecule has 3 aliphatic rings. The fourth-order valence-electron chi connectivity index (χ4n) is 4.46. The van der Waals surface area contributed by atoms with Gasteiger partial charge in [-0.3, -0.25) is 0 Å². The van der Waals surface area contributed by atoms with Gasteiger partial charge < -0.3 is 23.7 Å². The van der Waals surface area contributed by atoms with E-state index < -0.39 is 6.16 Å². The van der Waals surface area contributed by atoms with Crippen molar-refractivity contribution in [3.63, 3.8) is 0 Å². The Morgan fingerprint density at radius 2 is 2.04 bits per heavy atom. The second-order valence-electron chi connectivity index (χ2n) is 8.99. The molecule has 1 spiro atoms. The number of rotatable bonds is 7. The van der Waals surface area contributed by atoms with Gasteiger partial charge >= 0.3 is 6.16 Å². The van der Waals surface area contributed by atoms with Gasteiger partial charge in [-0.15, -0.1) is 0 Å². The largest absolute Gasteiger partial charge is 0.508 e. The maximum absolute atomic E-state index is 12.1. The molecule has 6 atom stereocenters. The zero-order valence-electron chi connectivity index (χ0n) is 17.4. The second-order valence-corrected chi connectivity index (χ2v) is 8.99. The van der Waals surface area contributed by atoms with Gasteiger partial charge in [0.15, 0.2) is 0 Å². The van der Waals surface area contributed by atoms with E-state index in [-0.39, 0.29) is 41.3 Å². The Bertz CT molecular complexity index is 577. The van der Waals surface area contributed by atoms with E-state index in [1.54, 1.807) is 7.11 Å². The number of hydrogen-bond acceptors (Lipinski definition) is 6. The molecular formula is C21H34O6. The number of methoxy groups -OCH3 is 1. The molecule has 0 N–H and O–H groups in total. The lowest BCUT2D eigenvalue weighted by atomic mass is 9.68. The third-order valence-electron chi connectivity index (χ3n) is 6.02. The molecule has 6 unspecified atom stereocenters. The van der Waals surface area contributed by atoms with Crippen LogP contribution in [0.4, 0.5) is 4.79 Å². The van der Waals surface area contributed by atoms with Gasteiger partial charge in [-0.2, -0.15) is 0 Å². The molecule has 2 aliphatic heterocycles. The van der Waals surface area contributed by atoms with E-state index in [4.69, 9.17) is 23.7 Å². The maximum atomic E-state index is 12.1. The fraction of sp³-hybridized carbons (Fsp3) is 0.857. The lowest BCUT2D eigenvalue weighted by Gasteiger charge is -2.42. The van der Waals surface area contributed by atoms with Crippen molar-refractivity contribution in [3.05, 3.63) is 11.6 Å². The summed E-state index contributed by atoms with van der Waals surface area (Å²) in [6.07, 6.45) is 3.54. The van der Waals surface area contributed by atoms with E-state index in [9.17, 15) is 4.79 Å². The van der Waals surface area contributed by atoms with E-state index in [0.29, 0.717) is 13.0 Å². The van der Waals surface area contributed by atoms with Crippen LogP contribution in [0.25, 0.3) is 0 Å². The Hall–Kier alpha value is -1.11. The van der Waals surface area contributed by atoms with Crippen LogP contribution in [0.15, 0.2) is 11.6 Å². The summed E-state index contributed by atoms with van der Waals surface area (Å²) in [4.78, 5) is 12.1. The summed E-state index contributed by atoms with van der Waals surface area (Å²) in [6.45, 7) is 11.4. The van der Waals surface area contributed by atoms with Crippen molar-refractivity contribution in [1.29, 1.82) is 0 Å². The molecule has 0 radical (unpaired) electrons. The summed E-state index contributed by atoms with van der Waals surface area (Å²) < 4.78 is 28.8.